The van der Waals surface area contributed by atoms with Crippen LogP contribution in [0.1, 0.15) is 18.6 Å². The van der Waals surface area contributed by atoms with Gasteiger partial charge in [-0.3, -0.25) is 0 Å². The van der Waals surface area contributed by atoms with Gasteiger partial charge in [-0.05, 0) is 26.6 Å². The standard InChI is InChI=1S/C12H19NO/c1-10(13(2)3)12(14-4)11-8-6-5-7-9-11/h5-10,12H,1-4H3. The number of hydrogen-bond acceptors (Lipinski definition) is 2. The van der Waals surface area contributed by atoms with E-state index in [0.717, 1.165) is 0 Å². The highest BCUT2D eigenvalue weighted by molar-refractivity contribution is 5.18. The molecular weight excluding hydrogens is 174 g/mol. The van der Waals surface area contributed by atoms with Crippen LogP contribution in [0.2, 0.25) is 0 Å². The maximum Gasteiger partial charge on any atom is 0.0973 e. The molecule has 0 aliphatic heterocycles. The molecule has 2 heteroatoms. The van der Waals surface area contributed by atoms with E-state index < -0.39 is 0 Å². The van der Waals surface area contributed by atoms with Crippen LogP contribution in [0.4, 0.5) is 0 Å². The maximum absolute atomic E-state index is 5.52. The van der Waals surface area contributed by atoms with Gasteiger partial charge < -0.3 is 9.64 Å². The number of hydrogen-bond donors (Lipinski definition) is 0. The molecule has 0 spiro atoms. The molecule has 0 fully saturated rings. The largest absolute Gasteiger partial charge is 0.375 e. The smallest absolute Gasteiger partial charge is 0.0973 e. The molecule has 0 saturated carbocycles. The minimum atomic E-state index is 0.145. The van der Waals surface area contributed by atoms with E-state index in [4.69, 9.17) is 4.74 Å². The molecule has 0 radical (unpaired) electrons. The van der Waals surface area contributed by atoms with Gasteiger partial charge in [0.15, 0.2) is 0 Å². The van der Waals surface area contributed by atoms with Gasteiger partial charge in [0, 0.05) is 13.2 Å². The molecule has 0 amide bonds. The third kappa shape index (κ3) is 2.56. The van der Waals surface area contributed by atoms with Crippen molar-refractivity contribution >= 4 is 0 Å². The summed E-state index contributed by atoms with van der Waals surface area (Å²) in [6, 6.07) is 10.7. The first kappa shape index (κ1) is 11.2. The lowest BCUT2D eigenvalue weighted by atomic mass is 10.0. The first-order chi connectivity index (χ1) is 6.66. The molecule has 1 aromatic rings. The van der Waals surface area contributed by atoms with E-state index in [1.807, 2.05) is 18.2 Å². The van der Waals surface area contributed by atoms with Crippen molar-refractivity contribution in [2.75, 3.05) is 21.2 Å². The molecule has 78 valence electrons. The van der Waals surface area contributed by atoms with Crippen LogP contribution in [0.15, 0.2) is 30.3 Å². The van der Waals surface area contributed by atoms with E-state index in [-0.39, 0.29) is 6.10 Å². The molecule has 0 saturated heterocycles. The van der Waals surface area contributed by atoms with Crippen molar-refractivity contribution in [3.05, 3.63) is 35.9 Å². The molecule has 2 unspecified atom stereocenters. The number of nitrogens with zero attached hydrogens (tertiary/aromatic N) is 1. The summed E-state index contributed by atoms with van der Waals surface area (Å²) in [7, 11) is 5.90. The van der Waals surface area contributed by atoms with Crippen LogP contribution in [-0.2, 0) is 4.74 Å². The number of methoxy groups -OCH3 is 1. The minimum Gasteiger partial charge on any atom is -0.375 e. The molecule has 2 atom stereocenters. The number of ether oxygens (including phenoxy) is 1. The lowest BCUT2D eigenvalue weighted by Gasteiger charge is -2.28. The molecule has 0 N–H and O–H groups in total. The summed E-state index contributed by atoms with van der Waals surface area (Å²) in [6.07, 6.45) is 0.145. The number of likely N-dealkylation sites (N-methyl/N-ethyl adjacent to an activating group) is 1. The molecule has 14 heavy (non-hydrogen) atoms. The van der Waals surface area contributed by atoms with Gasteiger partial charge in [-0.25, -0.2) is 0 Å². The first-order valence-corrected chi connectivity index (χ1v) is 4.91. The van der Waals surface area contributed by atoms with E-state index in [1.165, 1.54) is 5.56 Å². The van der Waals surface area contributed by atoms with Crippen LogP contribution in [0.25, 0.3) is 0 Å². The zero-order valence-corrected chi connectivity index (χ0v) is 9.40. The molecule has 0 heterocycles. The third-order valence-corrected chi connectivity index (χ3v) is 2.63. The van der Waals surface area contributed by atoms with Crippen molar-refractivity contribution < 1.29 is 4.74 Å². The monoisotopic (exact) mass is 193 g/mol. The van der Waals surface area contributed by atoms with Gasteiger partial charge in [0.25, 0.3) is 0 Å². The van der Waals surface area contributed by atoms with Crippen molar-refractivity contribution in [1.29, 1.82) is 0 Å². The fourth-order valence-electron chi connectivity index (χ4n) is 1.53. The second-order valence-corrected chi connectivity index (χ2v) is 3.77. The average molecular weight is 193 g/mol. The van der Waals surface area contributed by atoms with Crippen molar-refractivity contribution in [3.63, 3.8) is 0 Å². The highest BCUT2D eigenvalue weighted by Gasteiger charge is 2.19. The Morgan fingerprint density at radius 3 is 2.14 bits per heavy atom. The molecule has 0 aliphatic carbocycles. The van der Waals surface area contributed by atoms with Crippen molar-refractivity contribution in [2.45, 2.75) is 19.1 Å². The van der Waals surface area contributed by atoms with E-state index in [1.54, 1.807) is 7.11 Å². The van der Waals surface area contributed by atoms with E-state index >= 15 is 0 Å². The minimum absolute atomic E-state index is 0.145. The van der Waals surface area contributed by atoms with Crippen molar-refractivity contribution in [3.8, 4) is 0 Å². The van der Waals surface area contributed by atoms with Gasteiger partial charge >= 0.3 is 0 Å². The van der Waals surface area contributed by atoms with Gasteiger partial charge in [-0.2, -0.15) is 0 Å². The lowest BCUT2D eigenvalue weighted by Crippen LogP contribution is -2.32. The lowest BCUT2D eigenvalue weighted by molar-refractivity contribution is 0.0388. The predicted octanol–water partition coefficient (Wildman–Crippen LogP) is 2.32. The first-order valence-electron chi connectivity index (χ1n) is 4.91. The molecular formula is C12H19NO. The summed E-state index contributed by atoms with van der Waals surface area (Å²) in [5.41, 5.74) is 1.23. The van der Waals surface area contributed by atoms with Gasteiger partial charge in [-0.1, -0.05) is 30.3 Å². The average Bonchev–Trinajstić information content (AvgIpc) is 2.20. The zero-order valence-electron chi connectivity index (χ0n) is 9.40. The number of rotatable bonds is 4. The molecule has 1 rings (SSSR count). The summed E-state index contributed by atoms with van der Waals surface area (Å²) in [5, 5.41) is 0. The van der Waals surface area contributed by atoms with E-state index in [9.17, 15) is 0 Å². The van der Waals surface area contributed by atoms with Gasteiger partial charge in [0.1, 0.15) is 0 Å². The summed E-state index contributed by atoms with van der Waals surface area (Å²) in [4.78, 5) is 2.17. The van der Waals surface area contributed by atoms with Crippen molar-refractivity contribution in [2.24, 2.45) is 0 Å². The predicted molar refractivity (Wildman–Crippen MR) is 59.3 cm³/mol. The number of benzene rings is 1. The molecule has 2 nitrogen and oxygen atoms in total. The Balaban J connectivity index is 2.82. The fourth-order valence-corrected chi connectivity index (χ4v) is 1.53. The Labute approximate surface area is 86.5 Å². The van der Waals surface area contributed by atoms with E-state index in [2.05, 4.69) is 38.1 Å². The normalized spacial score (nSPS) is 15.5. The van der Waals surface area contributed by atoms with Crippen LogP contribution in [0, 0.1) is 0 Å². The van der Waals surface area contributed by atoms with Crippen molar-refractivity contribution in [1.82, 2.24) is 4.90 Å². The van der Waals surface area contributed by atoms with Crippen LogP contribution in [-0.4, -0.2) is 32.1 Å². The summed E-state index contributed by atoms with van der Waals surface area (Å²) in [5.74, 6) is 0. The highest BCUT2D eigenvalue weighted by atomic mass is 16.5. The SMILES string of the molecule is COC(c1ccccc1)C(C)N(C)C. The fraction of sp³-hybridized carbons (Fsp3) is 0.500. The Morgan fingerprint density at radius 1 is 1.14 bits per heavy atom. The summed E-state index contributed by atoms with van der Waals surface area (Å²) < 4.78 is 5.52. The van der Waals surface area contributed by atoms with Crippen LogP contribution >= 0.6 is 0 Å². The zero-order chi connectivity index (χ0) is 10.6. The molecule has 0 bridgehead atoms. The van der Waals surface area contributed by atoms with Crippen LogP contribution in [0.3, 0.4) is 0 Å². The Morgan fingerprint density at radius 2 is 1.71 bits per heavy atom. The topological polar surface area (TPSA) is 12.5 Å². The summed E-state index contributed by atoms with van der Waals surface area (Å²) >= 11 is 0. The molecule has 1 aromatic carbocycles. The second-order valence-electron chi connectivity index (χ2n) is 3.77. The highest BCUT2D eigenvalue weighted by Crippen LogP contribution is 2.22. The molecule has 0 aliphatic rings. The third-order valence-electron chi connectivity index (χ3n) is 2.63. The van der Waals surface area contributed by atoms with Gasteiger partial charge in [-0.15, -0.1) is 0 Å². The van der Waals surface area contributed by atoms with E-state index in [0.29, 0.717) is 6.04 Å². The molecule has 0 aromatic heterocycles. The van der Waals surface area contributed by atoms with Gasteiger partial charge in [0.2, 0.25) is 0 Å². The van der Waals surface area contributed by atoms with Crippen LogP contribution < -0.4 is 0 Å². The second kappa shape index (κ2) is 5.13. The Kier molecular flexibility index (Phi) is 4.11. The summed E-state index contributed by atoms with van der Waals surface area (Å²) in [6.45, 7) is 2.17. The van der Waals surface area contributed by atoms with Gasteiger partial charge in [0.05, 0.1) is 6.10 Å². The Bertz CT molecular complexity index is 258. The quantitative estimate of drug-likeness (QED) is 0.727. The maximum atomic E-state index is 5.52. The Hall–Kier alpha value is -0.860. The van der Waals surface area contributed by atoms with Crippen LogP contribution in [0.5, 0.6) is 0 Å².